The highest BCUT2D eigenvalue weighted by Gasteiger charge is 2.21. The number of fused-ring (bicyclic) bond motifs is 1. The van der Waals surface area contributed by atoms with Crippen molar-refractivity contribution in [2.24, 2.45) is 7.05 Å². The van der Waals surface area contributed by atoms with E-state index >= 15 is 0 Å². The predicted octanol–water partition coefficient (Wildman–Crippen LogP) is 2.32. The lowest BCUT2D eigenvalue weighted by atomic mass is 10.1. The standard InChI is InChI=1S/C13H11BrN2O4/c1-16-9(6-8(15-16)13(17)18)7-2-3-10-12(11(7)14)20-5-4-19-10/h2-3,6H,4-5H2,1H3,(H,17,18). The summed E-state index contributed by atoms with van der Waals surface area (Å²) in [6.45, 7) is 1.01. The number of aryl methyl sites for hydroxylation is 1. The first kappa shape index (κ1) is 13.0. The van der Waals surface area contributed by atoms with Gasteiger partial charge in [-0.05, 0) is 34.1 Å². The molecule has 6 nitrogen and oxygen atoms in total. The van der Waals surface area contributed by atoms with Crippen molar-refractivity contribution in [2.75, 3.05) is 13.2 Å². The minimum atomic E-state index is -1.06. The van der Waals surface area contributed by atoms with Gasteiger partial charge in [0, 0.05) is 12.6 Å². The van der Waals surface area contributed by atoms with Crippen molar-refractivity contribution in [3.8, 4) is 22.8 Å². The number of nitrogens with zero attached hydrogens (tertiary/aromatic N) is 2. The van der Waals surface area contributed by atoms with Crippen LogP contribution in [0.2, 0.25) is 0 Å². The molecule has 0 saturated carbocycles. The Hall–Kier alpha value is -2.02. The smallest absolute Gasteiger partial charge is 0.356 e. The Morgan fingerprint density at radius 1 is 1.40 bits per heavy atom. The summed E-state index contributed by atoms with van der Waals surface area (Å²) < 4.78 is 13.3. The second kappa shape index (κ2) is 4.82. The minimum Gasteiger partial charge on any atom is -0.486 e. The molecule has 0 saturated heterocycles. The molecule has 0 unspecified atom stereocenters. The van der Waals surface area contributed by atoms with Crippen LogP contribution in [0.1, 0.15) is 10.5 Å². The summed E-state index contributed by atoms with van der Waals surface area (Å²) in [7, 11) is 1.70. The molecule has 20 heavy (non-hydrogen) atoms. The van der Waals surface area contributed by atoms with Crippen LogP contribution in [-0.4, -0.2) is 34.1 Å². The van der Waals surface area contributed by atoms with Crippen molar-refractivity contribution in [3.05, 3.63) is 28.4 Å². The number of carbonyl (C=O) groups is 1. The molecule has 0 radical (unpaired) electrons. The molecule has 2 aromatic rings. The van der Waals surface area contributed by atoms with Crippen LogP contribution in [0.15, 0.2) is 22.7 Å². The van der Waals surface area contributed by atoms with Crippen LogP contribution in [0.4, 0.5) is 0 Å². The van der Waals surface area contributed by atoms with E-state index < -0.39 is 5.97 Å². The normalized spacial score (nSPS) is 13.3. The number of aromatic nitrogens is 2. The van der Waals surface area contributed by atoms with Crippen LogP contribution >= 0.6 is 15.9 Å². The number of benzene rings is 1. The average molecular weight is 339 g/mol. The van der Waals surface area contributed by atoms with Crippen molar-refractivity contribution >= 4 is 21.9 Å². The zero-order valence-electron chi connectivity index (χ0n) is 10.6. The van der Waals surface area contributed by atoms with E-state index in [1.807, 2.05) is 12.1 Å². The maximum Gasteiger partial charge on any atom is 0.356 e. The molecule has 2 heterocycles. The first-order chi connectivity index (χ1) is 9.58. The van der Waals surface area contributed by atoms with Crippen LogP contribution in [0.3, 0.4) is 0 Å². The number of rotatable bonds is 2. The molecule has 1 aliphatic heterocycles. The van der Waals surface area contributed by atoms with E-state index in [0.29, 0.717) is 30.4 Å². The molecule has 3 rings (SSSR count). The number of carboxylic acid groups (broad SMARTS) is 1. The summed E-state index contributed by atoms with van der Waals surface area (Å²) in [6, 6.07) is 5.18. The van der Waals surface area contributed by atoms with Gasteiger partial charge in [0.25, 0.3) is 0 Å². The van der Waals surface area contributed by atoms with Crippen molar-refractivity contribution in [1.82, 2.24) is 9.78 Å². The second-order valence-electron chi connectivity index (χ2n) is 4.29. The van der Waals surface area contributed by atoms with Gasteiger partial charge in [0.15, 0.2) is 17.2 Å². The Morgan fingerprint density at radius 3 is 2.85 bits per heavy atom. The fraction of sp³-hybridized carbons (Fsp3) is 0.231. The van der Waals surface area contributed by atoms with Gasteiger partial charge in [0.1, 0.15) is 13.2 Å². The van der Waals surface area contributed by atoms with E-state index in [2.05, 4.69) is 21.0 Å². The Balaban J connectivity index is 2.13. The lowest BCUT2D eigenvalue weighted by molar-refractivity contribution is 0.0689. The predicted molar refractivity (Wildman–Crippen MR) is 74.3 cm³/mol. The first-order valence-electron chi connectivity index (χ1n) is 5.93. The molecular weight excluding hydrogens is 328 g/mol. The van der Waals surface area contributed by atoms with E-state index in [-0.39, 0.29) is 5.69 Å². The van der Waals surface area contributed by atoms with Crippen molar-refractivity contribution in [3.63, 3.8) is 0 Å². The lowest BCUT2D eigenvalue weighted by Crippen LogP contribution is -2.15. The number of ether oxygens (including phenoxy) is 2. The summed E-state index contributed by atoms with van der Waals surface area (Å²) in [5.41, 5.74) is 1.49. The third kappa shape index (κ3) is 2.03. The Labute approximate surface area is 123 Å². The average Bonchev–Trinajstić information content (AvgIpc) is 2.82. The van der Waals surface area contributed by atoms with E-state index in [1.165, 1.54) is 10.7 Å². The third-order valence-electron chi connectivity index (χ3n) is 3.02. The topological polar surface area (TPSA) is 73.6 Å². The third-order valence-corrected chi connectivity index (χ3v) is 3.81. The molecule has 0 spiro atoms. The lowest BCUT2D eigenvalue weighted by Gasteiger charge is -2.20. The van der Waals surface area contributed by atoms with E-state index in [1.54, 1.807) is 7.05 Å². The molecule has 0 aliphatic carbocycles. The van der Waals surface area contributed by atoms with Gasteiger partial charge >= 0.3 is 5.97 Å². The molecule has 0 fully saturated rings. The number of carboxylic acids is 1. The highest BCUT2D eigenvalue weighted by Crippen LogP contribution is 2.43. The Morgan fingerprint density at radius 2 is 2.15 bits per heavy atom. The summed E-state index contributed by atoms with van der Waals surface area (Å²) >= 11 is 3.49. The fourth-order valence-corrected chi connectivity index (χ4v) is 2.75. The van der Waals surface area contributed by atoms with Crippen LogP contribution in [0, 0.1) is 0 Å². The Kier molecular flexibility index (Phi) is 3.13. The van der Waals surface area contributed by atoms with Gasteiger partial charge in [-0.1, -0.05) is 0 Å². The molecule has 7 heteroatoms. The molecule has 0 bridgehead atoms. The monoisotopic (exact) mass is 338 g/mol. The van der Waals surface area contributed by atoms with Crippen molar-refractivity contribution in [1.29, 1.82) is 0 Å². The number of hydrogen-bond donors (Lipinski definition) is 1. The van der Waals surface area contributed by atoms with E-state index in [0.717, 1.165) is 10.0 Å². The maximum absolute atomic E-state index is 11.0. The molecule has 1 aromatic carbocycles. The summed E-state index contributed by atoms with van der Waals surface area (Å²) in [5.74, 6) is 0.250. The fourth-order valence-electron chi connectivity index (χ4n) is 2.10. The van der Waals surface area contributed by atoms with Crippen molar-refractivity contribution < 1.29 is 19.4 Å². The highest BCUT2D eigenvalue weighted by molar-refractivity contribution is 9.10. The maximum atomic E-state index is 11.0. The van der Waals surface area contributed by atoms with Crippen LogP contribution in [0.25, 0.3) is 11.3 Å². The van der Waals surface area contributed by atoms with Gasteiger partial charge in [0.2, 0.25) is 0 Å². The van der Waals surface area contributed by atoms with Gasteiger partial charge in [-0.25, -0.2) is 4.79 Å². The molecular formula is C13H11BrN2O4. The SMILES string of the molecule is Cn1nc(C(=O)O)cc1-c1ccc2c(c1Br)OCCO2. The van der Waals surface area contributed by atoms with Crippen molar-refractivity contribution in [2.45, 2.75) is 0 Å². The Bertz CT molecular complexity index is 696. The van der Waals surface area contributed by atoms with E-state index in [4.69, 9.17) is 14.6 Å². The molecule has 0 amide bonds. The van der Waals surface area contributed by atoms with Gasteiger partial charge in [-0.3, -0.25) is 4.68 Å². The largest absolute Gasteiger partial charge is 0.486 e. The van der Waals surface area contributed by atoms with Crippen LogP contribution < -0.4 is 9.47 Å². The molecule has 0 atom stereocenters. The minimum absolute atomic E-state index is 0.00397. The van der Waals surface area contributed by atoms with Gasteiger partial charge in [-0.2, -0.15) is 5.10 Å². The zero-order valence-corrected chi connectivity index (χ0v) is 12.2. The molecule has 104 valence electrons. The first-order valence-corrected chi connectivity index (χ1v) is 6.73. The second-order valence-corrected chi connectivity index (χ2v) is 5.09. The quantitative estimate of drug-likeness (QED) is 0.909. The van der Waals surface area contributed by atoms with Gasteiger partial charge in [0.05, 0.1) is 10.2 Å². The summed E-state index contributed by atoms with van der Waals surface area (Å²) in [4.78, 5) is 11.0. The van der Waals surface area contributed by atoms with Gasteiger partial charge < -0.3 is 14.6 Å². The molecule has 1 aromatic heterocycles. The number of hydrogen-bond acceptors (Lipinski definition) is 4. The summed E-state index contributed by atoms with van der Waals surface area (Å²) in [5, 5.41) is 13.0. The van der Waals surface area contributed by atoms with Crippen LogP contribution in [-0.2, 0) is 7.05 Å². The number of halogens is 1. The molecule has 1 N–H and O–H groups in total. The van der Waals surface area contributed by atoms with Gasteiger partial charge in [-0.15, -0.1) is 0 Å². The zero-order chi connectivity index (χ0) is 14.3. The van der Waals surface area contributed by atoms with Crippen LogP contribution in [0.5, 0.6) is 11.5 Å². The number of aromatic carboxylic acids is 1. The molecule has 1 aliphatic rings. The van der Waals surface area contributed by atoms with E-state index in [9.17, 15) is 4.79 Å². The summed E-state index contributed by atoms with van der Waals surface area (Å²) in [6.07, 6.45) is 0. The highest BCUT2D eigenvalue weighted by atomic mass is 79.9.